The molecule has 1 unspecified atom stereocenters. The minimum atomic E-state index is -0.277. The summed E-state index contributed by atoms with van der Waals surface area (Å²) in [4.78, 5) is 15.1. The van der Waals surface area contributed by atoms with Gasteiger partial charge in [-0.25, -0.2) is 0 Å². The van der Waals surface area contributed by atoms with Crippen LogP contribution in [0.3, 0.4) is 0 Å². The molecule has 4 rings (SSSR count). The molecule has 0 saturated carbocycles. The number of carbonyl (C=O) groups excluding carboxylic acids is 1. The zero-order valence-electron chi connectivity index (χ0n) is 20.0. The SMILES string of the molecule is CCc1ccc(OCC2c3cc(OC)c(OC)cc3CCN2C(=O)COc2ccccc2)cc1. The Balaban J connectivity index is 1.58. The van der Waals surface area contributed by atoms with Gasteiger partial charge in [-0.05, 0) is 65.9 Å². The van der Waals surface area contributed by atoms with Crippen LogP contribution < -0.4 is 18.9 Å². The zero-order valence-corrected chi connectivity index (χ0v) is 20.0. The maximum absolute atomic E-state index is 13.3. The number of benzene rings is 3. The topological polar surface area (TPSA) is 57.2 Å². The van der Waals surface area contributed by atoms with Gasteiger partial charge < -0.3 is 23.8 Å². The first-order valence-electron chi connectivity index (χ1n) is 11.6. The summed E-state index contributed by atoms with van der Waals surface area (Å²) in [7, 11) is 3.24. The minimum absolute atomic E-state index is 0.0334. The average molecular weight is 462 g/mol. The summed E-state index contributed by atoms with van der Waals surface area (Å²) < 4.78 is 23.0. The van der Waals surface area contributed by atoms with E-state index in [0.717, 1.165) is 23.3 Å². The lowest BCUT2D eigenvalue weighted by Crippen LogP contribution is -2.44. The van der Waals surface area contributed by atoms with Gasteiger partial charge in [-0.2, -0.15) is 0 Å². The van der Waals surface area contributed by atoms with Crippen molar-refractivity contribution in [2.24, 2.45) is 0 Å². The summed E-state index contributed by atoms with van der Waals surface area (Å²) in [6, 6.07) is 21.1. The Hall–Kier alpha value is -3.67. The van der Waals surface area contributed by atoms with E-state index in [0.29, 0.717) is 36.8 Å². The monoisotopic (exact) mass is 461 g/mol. The Labute approximate surface area is 201 Å². The van der Waals surface area contributed by atoms with Crippen LogP contribution in [-0.4, -0.2) is 44.8 Å². The molecule has 1 aliphatic heterocycles. The molecule has 1 amide bonds. The average Bonchev–Trinajstić information content (AvgIpc) is 2.90. The van der Waals surface area contributed by atoms with Crippen LogP contribution in [-0.2, 0) is 17.6 Å². The molecule has 1 heterocycles. The molecule has 3 aromatic carbocycles. The van der Waals surface area contributed by atoms with E-state index in [1.54, 1.807) is 14.2 Å². The summed E-state index contributed by atoms with van der Waals surface area (Å²) in [6.07, 6.45) is 1.69. The van der Waals surface area contributed by atoms with Crippen molar-refractivity contribution < 1.29 is 23.7 Å². The first-order valence-corrected chi connectivity index (χ1v) is 11.6. The Morgan fingerprint density at radius 1 is 0.912 bits per heavy atom. The Morgan fingerprint density at radius 3 is 2.26 bits per heavy atom. The van der Waals surface area contributed by atoms with Gasteiger partial charge in [0.05, 0.1) is 20.3 Å². The van der Waals surface area contributed by atoms with E-state index in [1.165, 1.54) is 5.56 Å². The van der Waals surface area contributed by atoms with Crippen LogP contribution >= 0.6 is 0 Å². The van der Waals surface area contributed by atoms with Crippen molar-refractivity contribution in [2.45, 2.75) is 25.8 Å². The maximum Gasteiger partial charge on any atom is 0.261 e. The molecule has 0 fully saturated rings. The Kier molecular flexibility index (Phi) is 7.58. The number of hydrogen-bond donors (Lipinski definition) is 0. The fourth-order valence-corrected chi connectivity index (χ4v) is 4.25. The molecular weight excluding hydrogens is 430 g/mol. The number of para-hydroxylation sites is 1. The third-order valence-electron chi connectivity index (χ3n) is 6.17. The largest absolute Gasteiger partial charge is 0.493 e. The fourth-order valence-electron chi connectivity index (χ4n) is 4.25. The Morgan fingerprint density at radius 2 is 1.59 bits per heavy atom. The van der Waals surface area contributed by atoms with Crippen LogP contribution in [0.2, 0.25) is 0 Å². The molecule has 3 aromatic rings. The normalized spacial score (nSPS) is 14.8. The quantitative estimate of drug-likeness (QED) is 0.456. The zero-order chi connectivity index (χ0) is 23.9. The molecule has 0 aromatic heterocycles. The molecular formula is C28H31NO5. The highest BCUT2D eigenvalue weighted by Gasteiger charge is 2.33. The number of amides is 1. The first-order chi connectivity index (χ1) is 16.6. The number of fused-ring (bicyclic) bond motifs is 1. The second-order valence-electron chi connectivity index (χ2n) is 8.17. The first kappa shape index (κ1) is 23.5. The van der Waals surface area contributed by atoms with Crippen molar-refractivity contribution in [1.82, 2.24) is 4.90 Å². The van der Waals surface area contributed by atoms with Crippen LogP contribution in [0.1, 0.15) is 29.7 Å². The second-order valence-corrected chi connectivity index (χ2v) is 8.17. The molecule has 1 aliphatic rings. The summed E-state index contributed by atoms with van der Waals surface area (Å²) >= 11 is 0. The highest BCUT2D eigenvalue weighted by Crippen LogP contribution is 2.38. The van der Waals surface area contributed by atoms with E-state index in [2.05, 4.69) is 19.1 Å². The predicted octanol–water partition coefficient (Wildman–Crippen LogP) is 4.85. The van der Waals surface area contributed by atoms with Crippen LogP contribution in [0.5, 0.6) is 23.0 Å². The molecule has 0 aliphatic carbocycles. The Bertz CT molecular complexity index is 1100. The molecule has 0 N–H and O–H groups in total. The van der Waals surface area contributed by atoms with E-state index < -0.39 is 0 Å². The number of hydrogen-bond acceptors (Lipinski definition) is 5. The van der Waals surface area contributed by atoms with Gasteiger partial charge in [-0.1, -0.05) is 37.3 Å². The van der Waals surface area contributed by atoms with Gasteiger partial charge in [0.15, 0.2) is 18.1 Å². The number of aryl methyl sites for hydroxylation is 1. The summed E-state index contributed by atoms with van der Waals surface area (Å²) in [5.74, 6) is 2.68. The molecule has 6 heteroatoms. The lowest BCUT2D eigenvalue weighted by molar-refractivity contribution is -0.137. The van der Waals surface area contributed by atoms with Gasteiger partial charge in [-0.3, -0.25) is 4.79 Å². The van der Waals surface area contributed by atoms with Gasteiger partial charge in [0.1, 0.15) is 18.1 Å². The van der Waals surface area contributed by atoms with Gasteiger partial charge in [-0.15, -0.1) is 0 Å². The molecule has 0 radical (unpaired) electrons. The highest BCUT2D eigenvalue weighted by atomic mass is 16.5. The molecule has 34 heavy (non-hydrogen) atoms. The second kappa shape index (κ2) is 11.0. The van der Waals surface area contributed by atoms with Crippen molar-refractivity contribution in [2.75, 3.05) is 34.0 Å². The van der Waals surface area contributed by atoms with Gasteiger partial charge in [0.2, 0.25) is 0 Å². The van der Waals surface area contributed by atoms with Crippen molar-refractivity contribution in [3.05, 3.63) is 83.4 Å². The van der Waals surface area contributed by atoms with E-state index in [1.807, 2.05) is 59.5 Å². The summed E-state index contributed by atoms with van der Waals surface area (Å²) in [6.45, 7) is 2.99. The fraction of sp³-hybridized carbons (Fsp3) is 0.321. The lowest BCUT2D eigenvalue weighted by atomic mass is 9.92. The standard InChI is InChI=1S/C28H31NO5/c1-4-20-10-12-23(13-11-20)33-18-25-24-17-27(32-3)26(31-2)16-21(24)14-15-29(25)28(30)19-34-22-8-6-5-7-9-22/h5-13,16-17,25H,4,14-15,18-19H2,1-3H3. The smallest absolute Gasteiger partial charge is 0.261 e. The van der Waals surface area contributed by atoms with E-state index in [9.17, 15) is 4.79 Å². The molecule has 178 valence electrons. The van der Waals surface area contributed by atoms with Gasteiger partial charge in [0, 0.05) is 6.54 Å². The number of carbonyl (C=O) groups is 1. The number of ether oxygens (including phenoxy) is 4. The maximum atomic E-state index is 13.3. The van der Waals surface area contributed by atoms with Crippen LogP contribution in [0.25, 0.3) is 0 Å². The van der Waals surface area contributed by atoms with Crippen molar-refractivity contribution in [3.63, 3.8) is 0 Å². The van der Waals surface area contributed by atoms with Crippen LogP contribution in [0, 0.1) is 0 Å². The predicted molar refractivity (Wildman–Crippen MR) is 131 cm³/mol. The van der Waals surface area contributed by atoms with Crippen molar-refractivity contribution in [3.8, 4) is 23.0 Å². The molecule has 1 atom stereocenters. The highest BCUT2D eigenvalue weighted by molar-refractivity contribution is 5.79. The van der Waals surface area contributed by atoms with E-state index >= 15 is 0 Å². The van der Waals surface area contributed by atoms with Gasteiger partial charge in [0.25, 0.3) is 5.91 Å². The third-order valence-corrected chi connectivity index (χ3v) is 6.17. The van der Waals surface area contributed by atoms with Gasteiger partial charge >= 0.3 is 0 Å². The molecule has 0 spiro atoms. The summed E-state index contributed by atoms with van der Waals surface area (Å²) in [5, 5.41) is 0. The van der Waals surface area contributed by atoms with E-state index in [4.69, 9.17) is 18.9 Å². The van der Waals surface area contributed by atoms with Crippen molar-refractivity contribution >= 4 is 5.91 Å². The van der Waals surface area contributed by atoms with E-state index in [-0.39, 0.29) is 18.6 Å². The molecule has 0 bridgehead atoms. The number of rotatable bonds is 9. The number of methoxy groups -OCH3 is 2. The molecule has 6 nitrogen and oxygen atoms in total. The lowest BCUT2D eigenvalue weighted by Gasteiger charge is -2.37. The van der Waals surface area contributed by atoms with Crippen LogP contribution in [0.15, 0.2) is 66.7 Å². The molecule has 0 saturated heterocycles. The third kappa shape index (κ3) is 5.28. The summed E-state index contributed by atoms with van der Waals surface area (Å²) in [5.41, 5.74) is 3.38. The van der Waals surface area contributed by atoms with Crippen molar-refractivity contribution in [1.29, 1.82) is 0 Å². The minimum Gasteiger partial charge on any atom is -0.493 e. The van der Waals surface area contributed by atoms with Crippen LogP contribution in [0.4, 0.5) is 0 Å². The number of nitrogens with zero attached hydrogens (tertiary/aromatic N) is 1.